The van der Waals surface area contributed by atoms with Crippen LogP contribution in [0.15, 0.2) is 29.3 Å². The van der Waals surface area contributed by atoms with E-state index >= 15 is 0 Å². The first-order valence-electron chi connectivity index (χ1n) is 11.9. The molecular weight excluding hydrogens is 513 g/mol. The minimum atomic E-state index is -0.297. The molecule has 2 fully saturated rings. The molecule has 6 nitrogen and oxygen atoms in total. The van der Waals surface area contributed by atoms with E-state index in [-0.39, 0.29) is 35.3 Å². The zero-order valence-electron chi connectivity index (χ0n) is 20.3. The maximum atomic E-state index is 12.8. The number of nitrogens with one attached hydrogen (secondary N) is 2. The van der Waals surface area contributed by atoms with E-state index in [0.717, 1.165) is 50.7 Å². The van der Waals surface area contributed by atoms with Gasteiger partial charge >= 0.3 is 0 Å². The third-order valence-electron chi connectivity index (χ3n) is 6.87. The van der Waals surface area contributed by atoms with E-state index in [0.29, 0.717) is 6.54 Å². The van der Waals surface area contributed by atoms with Gasteiger partial charge in [0, 0.05) is 47.3 Å². The standard InChI is InChI=1S/C25H41N5O.HI/c1-20-8-7-15-30(17-20)18-22-11-9-21(10-12-22)16-27-24(26-2)28-19-25(13-5-6-14-25)23(31)29(3)4;/h9-12,20H,5-8,13-19H2,1-4H3,(H2,26,27,28);1H. The fourth-order valence-electron chi connectivity index (χ4n) is 5.10. The van der Waals surface area contributed by atoms with Crippen molar-refractivity contribution in [2.45, 2.75) is 58.5 Å². The quantitative estimate of drug-likeness (QED) is 0.305. The first-order chi connectivity index (χ1) is 14.9. The molecule has 2 N–H and O–H groups in total. The van der Waals surface area contributed by atoms with Crippen LogP contribution in [0.3, 0.4) is 0 Å². The molecule has 1 aliphatic carbocycles. The molecule has 1 aliphatic heterocycles. The van der Waals surface area contributed by atoms with Gasteiger partial charge in [0.15, 0.2) is 5.96 Å². The van der Waals surface area contributed by atoms with Crippen LogP contribution in [0.4, 0.5) is 0 Å². The number of aliphatic imine (C=N–C) groups is 1. The number of hydrogen-bond donors (Lipinski definition) is 2. The molecule has 32 heavy (non-hydrogen) atoms. The second kappa shape index (κ2) is 12.8. The fraction of sp³-hybridized carbons (Fsp3) is 0.680. The molecule has 1 heterocycles. The molecule has 0 radical (unpaired) electrons. The predicted molar refractivity (Wildman–Crippen MR) is 143 cm³/mol. The van der Waals surface area contributed by atoms with Gasteiger partial charge in [-0.15, -0.1) is 24.0 Å². The Labute approximate surface area is 211 Å². The Kier molecular flexibility index (Phi) is 10.7. The molecule has 0 aromatic heterocycles. The molecule has 0 spiro atoms. The molecule has 1 aromatic carbocycles. The number of benzene rings is 1. The largest absolute Gasteiger partial charge is 0.355 e. The topological polar surface area (TPSA) is 60.0 Å². The maximum Gasteiger partial charge on any atom is 0.230 e. The van der Waals surface area contributed by atoms with Crippen molar-refractivity contribution in [1.29, 1.82) is 0 Å². The normalized spacial score (nSPS) is 21.0. The minimum absolute atomic E-state index is 0. The van der Waals surface area contributed by atoms with Crippen LogP contribution in [0.25, 0.3) is 0 Å². The summed E-state index contributed by atoms with van der Waals surface area (Å²) in [4.78, 5) is 21.4. The number of guanidine groups is 1. The highest BCUT2D eigenvalue weighted by Gasteiger charge is 2.42. The van der Waals surface area contributed by atoms with Crippen LogP contribution in [-0.2, 0) is 17.9 Å². The lowest BCUT2D eigenvalue weighted by Gasteiger charge is -2.31. The van der Waals surface area contributed by atoms with Gasteiger partial charge in [-0.2, -0.15) is 0 Å². The number of piperidine rings is 1. The summed E-state index contributed by atoms with van der Waals surface area (Å²) in [6.45, 7) is 7.18. The van der Waals surface area contributed by atoms with E-state index in [1.54, 1.807) is 11.9 Å². The molecule has 7 heteroatoms. The Morgan fingerprint density at radius 3 is 2.38 bits per heavy atom. The highest BCUT2D eigenvalue weighted by atomic mass is 127. The molecular formula is C25H42IN5O. The van der Waals surface area contributed by atoms with Crippen molar-refractivity contribution >= 4 is 35.8 Å². The molecule has 1 saturated carbocycles. The number of carbonyl (C=O) groups excluding carboxylic acids is 1. The summed E-state index contributed by atoms with van der Waals surface area (Å²) in [7, 11) is 5.49. The predicted octanol–water partition coefficient (Wildman–Crippen LogP) is 3.85. The van der Waals surface area contributed by atoms with Gasteiger partial charge in [-0.25, -0.2) is 0 Å². The summed E-state index contributed by atoms with van der Waals surface area (Å²) in [5.74, 6) is 1.80. The molecule has 3 rings (SSSR count). The number of hydrogen-bond acceptors (Lipinski definition) is 3. The van der Waals surface area contributed by atoms with Gasteiger partial charge in [-0.3, -0.25) is 14.7 Å². The lowest BCUT2D eigenvalue weighted by atomic mass is 9.84. The second-order valence-electron chi connectivity index (χ2n) is 9.77. The fourth-order valence-corrected chi connectivity index (χ4v) is 5.10. The Morgan fingerprint density at radius 2 is 1.78 bits per heavy atom. The van der Waals surface area contributed by atoms with Crippen LogP contribution in [0.1, 0.15) is 56.6 Å². The van der Waals surface area contributed by atoms with E-state index in [9.17, 15) is 4.79 Å². The lowest BCUT2D eigenvalue weighted by molar-refractivity contribution is -0.138. The SMILES string of the molecule is CN=C(NCc1ccc(CN2CCCC(C)C2)cc1)NCC1(C(=O)N(C)C)CCCC1.I. The molecule has 180 valence electrons. The van der Waals surface area contributed by atoms with Crippen LogP contribution >= 0.6 is 24.0 Å². The van der Waals surface area contributed by atoms with Crippen LogP contribution in [0.5, 0.6) is 0 Å². The third-order valence-corrected chi connectivity index (χ3v) is 6.87. The summed E-state index contributed by atoms with van der Waals surface area (Å²) in [6.07, 6.45) is 6.82. The monoisotopic (exact) mass is 555 g/mol. The summed E-state index contributed by atoms with van der Waals surface area (Å²) in [5, 5.41) is 6.82. The Morgan fingerprint density at radius 1 is 1.12 bits per heavy atom. The molecule has 1 atom stereocenters. The van der Waals surface area contributed by atoms with Crippen molar-refractivity contribution in [3.8, 4) is 0 Å². The first-order valence-corrected chi connectivity index (χ1v) is 11.9. The highest BCUT2D eigenvalue weighted by molar-refractivity contribution is 14.0. The van der Waals surface area contributed by atoms with Crippen LogP contribution in [-0.4, -0.2) is 62.4 Å². The van der Waals surface area contributed by atoms with E-state index in [2.05, 4.69) is 51.7 Å². The molecule has 1 amide bonds. The van der Waals surface area contributed by atoms with Gasteiger partial charge < -0.3 is 15.5 Å². The summed E-state index contributed by atoms with van der Waals surface area (Å²) >= 11 is 0. The van der Waals surface area contributed by atoms with Crippen LogP contribution in [0, 0.1) is 11.3 Å². The Balaban J connectivity index is 0.00000363. The molecule has 1 unspecified atom stereocenters. The molecule has 1 saturated heterocycles. The van der Waals surface area contributed by atoms with E-state index < -0.39 is 0 Å². The van der Waals surface area contributed by atoms with Gasteiger partial charge in [0.25, 0.3) is 0 Å². The number of nitrogens with zero attached hydrogens (tertiary/aromatic N) is 3. The maximum absolute atomic E-state index is 12.8. The minimum Gasteiger partial charge on any atom is -0.355 e. The summed E-state index contributed by atoms with van der Waals surface area (Å²) < 4.78 is 0. The van der Waals surface area contributed by atoms with Crippen LogP contribution < -0.4 is 10.6 Å². The lowest BCUT2D eigenvalue weighted by Crippen LogP contribution is -2.49. The third kappa shape index (κ3) is 7.33. The van der Waals surface area contributed by atoms with Crippen molar-refractivity contribution in [3.05, 3.63) is 35.4 Å². The van der Waals surface area contributed by atoms with Gasteiger partial charge in [-0.05, 0) is 49.3 Å². The number of amides is 1. The van der Waals surface area contributed by atoms with Crippen molar-refractivity contribution < 1.29 is 4.79 Å². The van der Waals surface area contributed by atoms with E-state index in [4.69, 9.17) is 0 Å². The molecule has 1 aromatic rings. The average molecular weight is 556 g/mol. The highest BCUT2D eigenvalue weighted by Crippen LogP contribution is 2.38. The number of carbonyl (C=O) groups is 1. The van der Waals surface area contributed by atoms with Crippen LogP contribution in [0.2, 0.25) is 0 Å². The van der Waals surface area contributed by atoms with Crippen molar-refractivity contribution in [3.63, 3.8) is 0 Å². The molecule has 0 bridgehead atoms. The zero-order chi connectivity index (χ0) is 22.3. The zero-order valence-corrected chi connectivity index (χ0v) is 22.7. The van der Waals surface area contributed by atoms with Gasteiger partial charge in [0.05, 0.1) is 5.41 Å². The number of rotatable bonds is 7. The second-order valence-corrected chi connectivity index (χ2v) is 9.77. The Hall–Kier alpha value is -1.35. The van der Waals surface area contributed by atoms with Crippen molar-refractivity contribution in [1.82, 2.24) is 20.4 Å². The van der Waals surface area contributed by atoms with Gasteiger partial charge in [0.2, 0.25) is 5.91 Å². The van der Waals surface area contributed by atoms with E-state index in [1.807, 2.05) is 14.1 Å². The number of halogens is 1. The first kappa shape index (κ1) is 26.9. The Bertz CT molecular complexity index is 743. The number of likely N-dealkylation sites (tertiary alicyclic amines) is 1. The average Bonchev–Trinajstić information content (AvgIpc) is 3.24. The van der Waals surface area contributed by atoms with E-state index in [1.165, 1.54) is 37.1 Å². The van der Waals surface area contributed by atoms with Gasteiger partial charge in [0.1, 0.15) is 0 Å². The van der Waals surface area contributed by atoms with Crippen molar-refractivity contribution in [2.24, 2.45) is 16.3 Å². The van der Waals surface area contributed by atoms with Crippen molar-refractivity contribution in [2.75, 3.05) is 40.8 Å². The smallest absolute Gasteiger partial charge is 0.230 e. The van der Waals surface area contributed by atoms with Gasteiger partial charge in [-0.1, -0.05) is 44.0 Å². The molecule has 2 aliphatic rings. The summed E-state index contributed by atoms with van der Waals surface area (Å²) in [6, 6.07) is 8.90. The summed E-state index contributed by atoms with van der Waals surface area (Å²) in [5.41, 5.74) is 2.32.